The van der Waals surface area contributed by atoms with Gasteiger partial charge in [-0.25, -0.2) is 8.42 Å². The molecule has 0 aliphatic carbocycles. The van der Waals surface area contributed by atoms with Crippen molar-refractivity contribution >= 4 is 43.3 Å². The molecule has 6 heteroatoms. The normalized spacial score (nSPS) is 16.9. The van der Waals surface area contributed by atoms with Crippen LogP contribution < -0.4 is 0 Å². The van der Waals surface area contributed by atoms with Crippen molar-refractivity contribution in [3.8, 4) is 10.4 Å². The minimum absolute atomic E-state index is 0.0565. The van der Waals surface area contributed by atoms with Crippen molar-refractivity contribution in [1.29, 1.82) is 0 Å². The van der Waals surface area contributed by atoms with E-state index < -0.39 is 15.6 Å². The zero-order valence-corrected chi connectivity index (χ0v) is 15.5. The third-order valence-electron chi connectivity index (χ3n) is 4.49. The standard InChI is InChI=1S/C21H12O4S2/c22-21-15-8-4-5-9-19(15)27(23,24)20(21)11-14-10-18-16(25-14)12-17(26-18)13-6-2-1-3-7-13/h1-12H/b20-11+. The molecule has 0 bridgehead atoms. The summed E-state index contributed by atoms with van der Waals surface area (Å²) >= 11 is 1.56. The van der Waals surface area contributed by atoms with E-state index in [1.807, 2.05) is 36.4 Å². The molecule has 0 unspecified atom stereocenters. The molecule has 0 N–H and O–H groups in total. The molecule has 27 heavy (non-hydrogen) atoms. The molecule has 132 valence electrons. The van der Waals surface area contributed by atoms with Gasteiger partial charge in [-0.1, -0.05) is 42.5 Å². The molecule has 0 atom stereocenters. The highest BCUT2D eigenvalue weighted by Crippen LogP contribution is 2.38. The van der Waals surface area contributed by atoms with E-state index >= 15 is 0 Å². The topological polar surface area (TPSA) is 64.3 Å². The van der Waals surface area contributed by atoms with E-state index in [-0.39, 0.29) is 15.4 Å². The van der Waals surface area contributed by atoms with E-state index in [1.54, 1.807) is 29.5 Å². The van der Waals surface area contributed by atoms with Gasteiger partial charge >= 0.3 is 0 Å². The summed E-state index contributed by atoms with van der Waals surface area (Å²) in [5.74, 6) is -0.133. The third-order valence-corrected chi connectivity index (χ3v) is 7.42. The number of sulfone groups is 1. The van der Waals surface area contributed by atoms with Crippen LogP contribution in [0.5, 0.6) is 0 Å². The molecular formula is C21H12O4S2. The quantitative estimate of drug-likeness (QED) is 0.441. The molecule has 2 aromatic carbocycles. The Bertz CT molecular complexity index is 1310. The smallest absolute Gasteiger partial charge is 0.211 e. The van der Waals surface area contributed by atoms with Gasteiger partial charge in [-0.3, -0.25) is 4.79 Å². The van der Waals surface area contributed by atoms with E-state index in [0.29, 0.717) is 11.3 Å². The van der Waals surface area contributed by atoms with Crippen LogP contribution in [0.3, 0.4) is 0 Å². The van der Waals surface area contributed by atoms with Gasteiger partial charge in [0.2, 0.25) is 15.6 Å². The maximum atomic E-state index is 12.7. The molecule has 0 radical (unpaired) electrons. The average Bonchev–Trinajstić information content (AvgIpc) is 3.29. The number of hydrogen-bond acceptors (Lipinski definition) is 5. The highest BCUT2D eigenvalue weighted by atomic mass is 32.2. The van der Waals surface area contributed by atoms with Crippen LogP contribution in [0.25, 0.3) is 26.8 Å². The van der Waals surface area contributed by atoms with Crippen LogP contribution in [0.2, 0.25) is 0 Å². The summed E-state index contributed by atoms with van der Waals surface area (Å²) in [7, 11) is -3.81. The van der Waals surface area contributed by atoms with Crippen molar-refractivity contribution in [2.75, 3.05) is 0 Å². The minimum atomic E-state index is -3.81. The van der Waals surface area contributed by atoms with Gasteiger partial charge in [0, 0.05) is 28.6 Å². The second kappa shape index (κ2) is 5.77. The van der Waals surface area contributed by atoms with Crippen molar-refractivity contribution in [3.63, 3.8) is 0 Å². The predicted octanol–water partition coefficient (Wildman–Crippen LogP) is 5.17. The molecule has 1 aliphatic heterocycles. The molecule has 0 saturated heterocycles. The Balaban J connectivity index is 1.57. The molecule has 5 rings (SSSR count). The van der Waals surface area contributed by atoms with Crippen LogP contribution in [0, 0.1) is 0 Å². The van der Waals surface area contributed by atoms with Crippen molar-refractivity contribution in [2.24, 2.45) is 0 Å². The molecular weight excluding hydrogens is 380 g/mol. The summed E-state index contributed by atoms with van der Waals surface area (Å²) in [6.07, 6.45) is 1.33. The van der Waals surface area contributed by atoms with Crippen LogP contribution in [0.1, 0.15) is 16.1 Å². The highest BCUT2D eigenvalue weighted by Gasteiger charge is 2.39. The van der Waals surface area contributed by atoms with E-state index in [4.69, 9.17) is 4.42 Å². The Morgan fingerprint density at radius 1 is 0.926 bits per heavy atom. The number of rotatable bonds is 2. The predicted molar refractivity (Wildman–Crippen MR) is 105 cm³/mol. The number of Topliss-reactive ketones (excluding diaryl/α,β-unsaturated/α-hetero) is 1. The Kier molecular flexibility index (Phi) is 3.47. The van der Waals surface area contributed by atoms with Gasteiger partial charge in [-0.15, -0.1) is 11.3 Å². The van der Waals surface area contributed by atoms with Crippen LogP contribution in [0.15, 0.2) is 80.9 Å². The van der Waals surface area contributed by atoms with Crippen molar-refractivity contribution < 1.29 is 17.6 Å². The Morgan fingerprint density at radius 2 is 1.67 bits per heavy atom. The molecule has 0 amide bonds. The van der Waals surface area contributed by atoms with Crippen molar-refractivity contribution in [2.45, 2.75) is 4.90 Å². The lowest BCUT2D eigenvalue weighted by Gasteiger charge is -1.96. The van der Waals surface area contributed by atoms with E-state index in [2.05, 4.69) is 0 Å². The first-order chi connectivity index (χ1) is 13.0. The average molecular weight is 392 g/mol. The number of carbonyl (C=O) groups excluding carboxylic acids is 1. The fourth-order valence-corrected chi connectivity index (χ4v) is 5.81. The molecule has 0 spiro atoms. The van der Waals surface area contributed by atoms with E-state index in [0.717, 1.165) is 15.1 Å². The molecule has 4 nitrogen and oxygen atoms in total. The zero-order chi connectivity index (χ0) is 18.6. The first kappa shape index (κ1) is 16.2. The van der Waals surface area contributed by atoms with Gasteiger partial charge in [0.1, 0.15) is 16.2 Å². The fourth-order valence-electron chi connectivity index (χ4n) is 3.20. The number of thiophene rings is 1. The Hall–Kier alpha value is -2.96. The molecule has 1 aliphatic rings. The number of ketones is 1. The van der Waals surface area contributed by atoms with Crippen LogP contribution in [0.4, 0.5) is 0 Å². The zero-order valence-electron chi connectivity index (χ0n) is 13.9. The lowest BCUT2D eigenvalue weighted by molar-refractivity contribution is 0.104. The van der Waals surface area contributed by atoms with Crippen LogP contribution in [-0.2, 0) is 9.84 Å². The lowest BCUT2D eigenvalue weighted by Crippen LogP contribution is -2.01. The molecule has 3 heterocycles. The lowest BCUT2D eigenvalue weighted by atomic mass is 10.1. The summed E-state index contributed by atoms with van der Waals surface area (Å²) in [6.45, 7) is 0. The van der Waals surface area contributed by atoms with Gasteiger partial charge < -0.3 is 4.42 Å². The van der Waals surface area contributed by atoms with Crippen molar-refractivity contribution in [1.82, 2.24) is 0 Å². The highest BCUT2D eigenvalue weighted by molar-refractivity contribution is 7.97. The number of furan rings is 1. The fraction of sp³-hybridized carbons (Fsp3) is 0. The van der Waals surface area contributed by atoms with Gasteiger partial charge in [0.25, 0.3) is 0 Å². The first-order valence-corrected chi connectivity index (χ1v) is 10.5. The largest absolute Gasteiger partial charge is 0.456 e. The van der Waals surface area contributed by atoms with E-state index in [9.17, 15) is 13.2 Å². The number of benzene rings is 2. The summed E-state index contributed by atoms with van der Waals surface area (Å²) in [5, 5.41) is 0. The van der Waals surface area contributed by atoms with Gasteiger partial charge in [0.05, 0.1) is 9.60 Å². The maximum Gasteiger partial charge on any atom is 0.211 e. The summed E-state index contributed by atoms with van der Waals surface area (Å²) in [4.78, 5) is 13.4. The number of hydrogen-bond donors (Lipinski definition) is 0. The minimum Gasteiger partial charge on any atom is -0.456 e. The second-order valence-electron chi connectivity index (χ2n) is 6.19. The summed E-state index contributed by atoms with van der Waals surface area (Å²) in [5.41, 5.74) is 1.98. The SMILES string of the molecule is O=C1/C(=C\c2cc3sc(-c4ccccc4)cc3o2)S(=O)(=O)c2ccccc21. The van der Waals surface area contributed by atoms with E-state index in [1.165, 1.54) is 18.2 Å². The monoisotopic (exact) mass is 392 g/mol. The molecule has 0 fully saturated rings. The van der Waals surface area contributed by atoms with Gasteiger partial charge in [-0.2, -0.15) is 0 Å². The van der Waals surface area contributed by atoms with Gasteiger partial charge in [0.15, 0.2) is 0 Å². The Morgan fingerprint density at radius 3 is 2.41 bits per heavy atom. The molecule has 4 aromatic rings. The number of carbonyl (C=O) groups is 1. The third kappa shape index (κ3) is 2.49. The van der Waals surface area contributed by atoms with Crippen molar-refractivity contribution in [3.05, 3.63) is 83.0 Å². The maximum absolute atomic E-state index is 12.7. The summed E-state index contributed by atoms with van der Waals surface area (Å²) < 4.78 is 32.0. The molecule has 0 saturated carbocycles. The molecule has 2 aromatic heterocycles. The van der Waals surface area contributed by atoms with Crippen LogP contribution in [-0.4, -0.2) is 14.2 Å². The first-order valence-electron chi connectivity index (χ1n) is 8.23. The number of allylic oxidation sites excluding steroid dienone is 1. The second-order valence-corrected chi connectivity index (χ2v) is 9.16. The van der Waals surface area contributed by atoms with Gasteiger partial charge in [-0.05, 0) is 17.7 Å². The number of fused-ring (bicyclic) bond motifs is 2. The van der Waals surface area contributed by atoms with Crippen LogP contribution >= 0.6 is 11.3 Å². The Labute approximate surface area is 159 Å². The summed E-state index contributed by atoms with van der Waals surface area (Å²) in [6, 6.07) is 19.9.